The zero-order valence-electron chi connectivity index (χ0n) is 14.6. The fourth-order valence-electron chi connectivity index (χ4n) is 2.58. The Morgan fingerprint density at radius 2 is 1.79 bits per heavy atom. The van der Waals surface area contributed by atoms with Crippen molar-refractivity contribution in [2.24, 2.45) is 0 Å². The van der Waals surface area contributed by atoms with Crippen molar-refractivity contribution in [3.63, 3.8) is 0 Å². The van der Waals surface area contributed by atoms with Crippen molar-refractivity contribution in [2.45, 2.75) is 23.8 Å². The molecule has 4 rings (SSSR count). The Bertz CT molecular complexity index is 748. The Kier molecular flexibility index (Phi) is 8.22. The Balaban J connectivity index is 0.000000403. The number of hydrogen-bond acceptors (Lipinski definition) is 5. The van der Waals surface area contributed by atoms with Gasteiger partial charge in [-0.05, 0) is 47.6 Å². The number of hydrogen-bond donors (Lipinski definition) is 0. The molecule has 3 aliphatic heterocycles. The van der Waals surface area contributed by atoms with Gasteiger partial charge < -0.3 is 26.7 Å². The van der Waals surface area contributed by atoms with Gasteiger partial charge in [0.1, 0.15) is 27.1 Å². The molecule has 0 radical (unpaired) electrons. The molecule has 1 aromatic rings. The van der Waals surface area contributed by atoms with E-state index in [0.717, 1.165) is 25.2 Å². The van der Waals surface area contributed by atoms with Gasteiger partial charge in [0.05, 0.1) is 6.10 Å². The molecular formula is C17H17BF4O2S4. The van der Waals surface area contributed by atoms with Gasteiger partial charge in [0.2, 0.25) is 9.13 Å². The maximum absolute atomic E-state index is 9.75. The van der Waals surface area contributed by atoms with Crippen LogP contribution in [0.2, 0.25) is 0 Å². The number of halogens is 4. The molecule has 0 spiro atoms. The molecule has 2 nitrogen and oxygen atoms in total. The van der Waals surface area contributed by atoms with Crippen molar-refractivity contribution in [1.29, 1.82) is 0 Å². The topological polar surface area (TPSA) is 18.5 Å². The third kappa shape index (κ3) is 6.72. The number of thioether (sulfide) groups is 3. The molecule has 3 aliphatic rings. The molecule has 0 aromatic heterocycles. The predicted molar refractivity (Wildman–Crippen MR) is 115 cm³/mol. The summed E-state index contributed by atoms with van der Waals surface area (Å²) in [6.07, 6.45) is 2.51. The minimum Gasteiger partial charge on any atom is -0.486 e. The number of rotatable bonds is 4. The molecule has 0 amide bonds. The van der Waals surface area contributed by atoms with Crippen molar-refractivity contribution in [1.82, 2.24) is 0 Å². The molecule has 152 valence electrons. The number of benzene rings is 1. The van der Waals surface area contributed by atoms with E-state index >= 15 is 0 Å². The molecule has 0 saturated carbocycles. The summed E-state index contributed by atoms with van der Waals surface area (Å²) in [6.45, 7) is 1.53. The SMILES string of the molecule is C1=CSC(=C2SC=C[S+]2c2ccccc2OCC2CCCO2)S1.F[B-](F)(F)F. The van der Waals surface area contributed by atoms with Crippen molar-refractivity contribution < 1.29 is 26.7 Å². The van der Waals surface area contributed by atoms with E-state index in [0.29, 0.717) is 6.61 Å². The molecule has 11 heteroatoms. The lowest BCUT2D eigenvalue weighted by Gasteiger charge is -2.13. The highest BCUT2D eigenvalue weighted by Gasteiger charge is 2.37. The van der Waals surface area contributed by atoms with E-state index < -0.39 is 7.25 Å². The summed E-state index contributed by atoms with van der Waals surface area (Å²) in [5.41, 5.74) is 0. The second-order valence-electron chi connectivity index (χ2n) is 5.70. The smallest absolute Gasteiger partial charge is 0.486 e. The van der Waals surface area contributed by atoms with Crippen LogP contribution in [0.15, 0.2) is 59.3 Å². The lowest BCUT2D eigenvalue weighted by Crippen LogP contribution is -2.17. The van der Waals surface area contributed by atoms with Gasteiger partial charge in [-0.15, -0.1) is 0 Å². The molecule has 3 heterocycles. The zero-order chi connectivity index (χ0) is 20.0. The molecule has 0 bridgehead atoms. The molecule has 0 aliphatic carbocycles. The summed E-state index contributed by atoms with van der Waals surface area (Å²) in [6, 6.07) is 8.44. The van der Waals surface area contributed by atoms with Crippen LogP contribution < -0.4 is 4.74 Å². The molecule has 28 heavy (non-hydrogen) atoms. The molecule has 0 N–H and O–H groups in total. The first kappa shape index (κ1) is 22.1. The van der Waals surface area contributed by atoms with E-state index in [1.807, 2.05) is 35.3 Å². The minimum absolute atomic E-state index is 0.0183. The van der Waals surface area contributed by atoms with Crippen LogP contribution in [0, 0.1) is 0 Å². The number of para-hydroxylation sites is 1. The normalized spacial score (nSPS) is 23.9. The van der Waals surface area contributed by atoms with Gasteiger partial charge >= 0.3 is 7.25 Å². The van der Waals surface area contributed by atoms with E-state index in [1.54, 1.807) is 0 Å². The second-order valence-corrected chi connectivity index (χ2v) is 10.8. The van der Waals surface area contributed by atoms with Crippen molar-refractivity contribution >= 4 is 53.4 Å². The largest absolute Gasteiger partial charge is 0.673 e. The first-order valence-corrected chi connectivity index (χ1v) is 12.3. The Morgan fingerprint density at radius 3 is 2.46 bits per heavy atom. The average Bonchev–Trinajstić information content (AvgIpc) is 3.40. The molecule has 2 atom stereocenters. The number of ether oxygens (including phenoxy) is 2. The first-order valence-electron chi connectivity index (χ1n) is 8.41. The van der Waals surface area contributed by atoms with Crippen LogP contribution in [0.5, 0.6) is 5.75 Å². The van der Waals surface area contributed by atoms with E-state index in [2.05, 4.69) is 45.9 Å². The summed E-state index contributed by atoms with van der Waals surface area (Å²) >= 11 is 5.49. The lowest BCUT2D eigenvalue weighted by molar-refractivity contribution is 0.0670. The van der Waals surface area contributed by atoms with Gasteiger partial charge in [0, 0.05) is 12.0 Å². The highest BCUT2D eigenvalue weighted by molar-refractivity contribution is 8.32. The summed E-state index contributed by atoms with van der Waals surface area (Å²) in [5.74, 6) is 0.998. The predicted octanol–water partition coefficient (Wildman–Crippen LogP) is 6.82. The van der Waals surface area contributed by atoms with E-state index in [9.17, 15) is 17.3 Å². The Morgan fingerprint density at radius 1 is 1.07 bits per heavy atom. The van der Waals surface area contributed by atoms with Gasteiger partial charge in [-0.25, -0.2) is 0 Å². The molecule has 1 fully saturated rings. The highest BCUT2D eigenvalue weighted by atomic mass is 32.2. The van der Waals surface area contributed by atoms with Crippen LogP contribution in [-0.2, 0) is 15.6 Å². The standard InChI is InChI=1S/C17H17O2S4.BF4/c1-2-6-15(14(5-1)19-12-13-4-3-7-18-13)23-11-10-22-17(23)16-20-8-9-21-16;2-1(3,4)5/h1-2,5-6,8-11,13H,3-4,7,12H2;/q+1;-1. The van der Waals surface area contributed by atoms with E-state index in [1.165, 1.54) is 13.4 Å². The third-order valence-electron chi connectivity index (χ3n) is 3.67. The van der Waals surface area contributed by atoms with Gasteiger partial charge in [-0.1, -0.05) is 35.7 Å². The van der Waals surface area contributed by atoms with Crippen LogP contribution >= 0.6 is 35.3 Å². The van der Waals surface area contributed by atoms with Crippen LogP contribution in [0.4, 0.5) is 17.3 Å². The molecule has 1 aromatic carbocycles. The quantitative estimate of drug-likeness (QED) is 0.274. The zero-order valence-corrected chi connectivity index (χ0v) is 17.8. The second kappa shape index (κ2) is 10.4. The van der Waals surface area contributed by atoms with Gasteiger partial charge in [0.15, 0.2) is 5.75 Å². The van der Waals surface area contributed by atoms with Crippen molar-refractivity contribution in [3.8, 4) is 5.75 Å². The van der Waals surface area contributed by atoms with Crippen molar-refractivity contribution in [2.75, 3.05) is 13.2 Å². The van der Waals surface area contributed by atoms with E-state index in [-0.39, 0.29) is 17.0 Å². The minimum atomic E-state index is -6.00. The van der Waals surface area contributed by atoms with Crippen LogP contribution in [0.1, 0.15) is 12.8 Å². The van der Waals surface area contributed by atoms with Crippen LogP contribution in [-0.4, -0.2) is 26.6 Å². The monoisotopic (exact) mass is 468 g/mol. The van der Waals surface area contributed by atoms with Gasteiger partial charge in [0.25, 0.3) is 0 Å². The average molecular weight is 468 g/mol. The Labute approximate surface area is 177 Å². The summed E-state index contributed by atoms with van der Waals surface area (Å²) in [5, 5.41) is 8.84. The maximum atomic E-state index is 9.75. The third-order valence-corrected chi connectivity index (χ3v) is 9.83. The summed E-state index contributed by atoms with van der Waals surface area (Å²) in [7, 11) is -6.02. The fourth-order valence-corrected chi connectivity index (χ4v) is 8.55. The van der Waals surface area contributed by atoms with Gasteiger partial charge in [-0.3, -0.25) is 0 Å². The fraction of sp³-hybridized carbons (Fsp3) is 0.294. The van der Waals surface area contributed by atoms with Crippen molar-refractivity contribution in [3.05, 3.63) is 54.4 Å². The summed E-state index contributed by atoms with van der Waals surface area (Å²) < 4.78 is 53.7. The molecular weight excluding hydrogens is 451 g/mol. The van der Waals surface area contributed by atoms with Crippen LogP contribution in [0.25, 0.3) is 0 Å². The lowest BCUT2D eigenvalue weighted by atomic mass is 10.2. The highest BCUT2D eigenvalue weighted by Crippen LogP contribution is 2.51. The van der Waals surface area contributed by atoms with Crippen LogP contribution in [0.3, 0.4) is 0 Å². The molecule has 1 saturated heterocycles. The molecule has 2 unspecified atom stereocenters. The maximum Gasteiger partial charge on any atom is 0.673 e. The Hall–Kier alpha value is -0.615. The summed E-state index contributed by atoms with van der Waals surface area (Å²) in [4.78, 5) is 1.28. The van der Waals surface area contributed by atoms with Gasteiger partial charge in [-0.2, -0.15) is 0 Å². The first-order chi connectivity index (χ1) is 13.4. The van der Waals surface area contributed by atoms with E-state index in [4.69, 9.17) is 9.47 Å².